The Kier molecular flexibility index (Phi) is 2.73. The zero-order chi connectivity index (χ0) is 11.0. The van der Waals surface area contributed by atoms with Crippen LogP contribution in [0.3, 0.4) is 0 Å². The monoisotopic (exact) mass is 246 g/mol. The van der Waals surface area contributed by atoms with E-state index in [9.17, 15) is 4.79 Å². The summed E-state index contributed by atoms with van der Waals surface area (Å²) in [6.45, 7) is -0.272. The molecule has 0 aliphatic carbocycles. The summed E-state index contributed by atoms with van der Waals surface area (Å²) in [6, 6.07) is 2.54. The number of hydrogen-bond acceptors (Lipinski definition) is 3. The molecular formula is C9H8Cl2N2O2. The minimum atomic E-state index is -0.644. The van der Waals surface area contributed by atoms with Gasteiger partial charge in [-0.3, -0.25) is 4.79 Å². The van der Waals surface area contributed by atoms with Crippen molar-refractivity contribution in [3.8, 4) is 0 Å². The number of carbonyl (C=O) groups excluding carboxylic acids is 1. The SMILES string of the molecule is O=C1Nc2cc(Cl)c(Cl)cc2N[C@H]1CO. The Bertz CT molecular complexity index is 423. The highest BCUT2D eigenvalue weighted by molar-refractivity contribution is 6.42. The van der Waals surface area contributed by atoms with Crippen LogP contribution < -0.4 is 10.6 Å². The number of halogens is 2. The van der Waals surface area contributed by atoms with Gasteiger partial charge in [-0.1, -0.05) is 23.2 Å². The van der Waals surface area contributed by atoms with Crippen LogP contribution in [0.15, 0.2) is 12.1 Å². The second-order valence-electron chi connectivity index (χ2n) is 3.18. The number of carbonyl (C=O) groups is 1. The topological polar surface area (TPSA) is 61.4 Å². The number of hydrogen-bond donors (Lipinski definition) is 3. The molecule has 0 bridgehead atoms. The van der Waals surface area contributed by atoms with E-state index < -0.39 is 6.04 Å². The molecule has 1 aromatic rings. The van der Waals surface area contributed by atoms with Crippen LogP contribution >= 0.6 is 23.2 Å². The fourth-order valence-corrected chi connectivity index (χ4v) is 1.70. The summed E-state index contributed by atoms with van der Waals surface area (Å²) < 4.78 is 0. The largest absolute Gasteiger partial charge is 0.394 e. The third-order valence-corrected chi connectivity index (χ3v) is 2.87. The standard InChI is InChI=1S/C9H8Cl2N2O2/c10-4-1-6-7(2-5(4)11)13-9(15)8(3-14)12-6/h1-2,8,12,14H,3H2,(H,13,15)/t8-/m0/s1. The van der Waals surface area contributed by atoms with Gasteiger partial charge >= 0.3 is 0 Å². The predicted molar refractivity (Wildman–Crippen MR) is 59.6 cm³/mol. The number of aliphatic hydroxyl groups excluding tert-OH is 1. The van der Waals surface area contributed by atoms with Crippen LogP contribution in [0, 0.1) is 0 Å². The number of nitrogens with one attached hydrogen (secondary N) is 2. The maximum Gasteiger partial charge on any atom is 0.249 e. The molecular weight excluding hydrogens is 239 g/mol. The van der Waals surface area contributed by atoms with Crippen molar-refractivity contribution in [1.29, 1.82) is 0 Å². The van der Waals surface area contributed by atoms with E-state index in [1.54, 1.807) is 12.1 Å². The summed E-state index contributed by atoms with van der Waals surface area (Å²) in [7, 11) is 0. The fraction of sp³-hybridized carbons (Fsp3) is 0.222. The van der Waals surface area contributed by atoms with Gasteiger partial charge in [0.05, 0.1) is 28.0 Å². The lowest BCUT2D eigenvalue weighted by Crippen LogP contribution is -2.41. The first-order valence-electron chi connectivity index (χ1n) is 4.29. The van der Waals surface area contributed by atoms with Gasteiger partial charge in [0, 0.05) is 0 Å². The van der Waals surface area contributed by atoms with Crippen molar-refractivity contribution in [3.05, 3.63) is 22.2 Å². The minimum absolute atomic E-state index is 0.272. The van der Waals surface area contributed by atoms with Crippen molar-refractivity contribution >= 4 is 40.5 Å². The van der Waals surface area contributed by atoms with Crippen molar-refractivity contribution < 1.29 is 9.90 Å². The van der Waals surface area contributed by atoms with Crippen LogP contribution in [0.1, 0.15) is 0 Å². The van der Waals surface area contributed by atoms with Crippen LogP contribution in [-0.2, 0) is 4.79 Å². The Morgan fingerprint density at radius 1 is 1.27 bits per heavy atom. The van der Waals surface area contributed by atoms with E-state index in [1.165, 1.54) is 0 Å². The molecule has 3 N–H and O–H groups in total. The summed E-state index contributed by atoms with van der Waals surface area (Å²) in [5.41, 5.74) is 1.22. The molecule has 0 unspecified atom stereocenters. The molecule has 0 saturated carbocycles. The first-order valence-corrected chi connectivity index (χ1v) is 5.04. The van der Waals surface area contributed by atoms with Crippen LogP contribution in [-0.4, -0.2) is 23.7 Å². The van der Waals surface area contributed by atoms with Crippen molar-refractivity contribution in [2.75, 3.05) is 17.2 Å². The molecule has 1 heterocycles. The molecule has 2 rings (SSSR count). The fourth-order valence-electron chi connectivity index (χ4n) is 1.37. The first kappa shape index (κ1) is 10.5. The predicted octanol–water partition coefficient (Wildman–Crippen LogP) is 1.72. The van der Waals surface area contributed by atoms with Gasteiger partial charge in [0.15, 0.2) is 0 Å². The summed E-state index contributed by atoms with van der Waals surface area (Å²) >= 11 is 11.6. The molecule has 80 valence electrons. The zero-order valence-corrected chi connectivity index (χ0v) is 9.06. The van der Waals surface area contributed by atoms with Crippen LogP contribution in [0.5, 0.6) is 0 Å². The van der Waals surface area contributed by atoms with E-state index in [4.69, 9.17) is 28.3 Å². The molecule has 0 spiro atoms. The lowest BCUT2D eigenvalue weighted by atomic mass is 10.1. The Balaban J connectivity index is 2.41. The summed E-state index contributed by atoms with van der Waals surface area (Å²) in [6.07, 6.45) is 0. The molecule has 0 aromatic heterocycles. The van der Waals surface area contributed by atoms with Crippen molar-refractivity contribution in [1.82, 2.24) is 0 Å². The Morgan fingerprint density at radius 2 is 1.87 bits per heavy atom. The molecule has 0 fully saturated rings. The Hall–Kier alpha value is -0.970. The lowest BCUT2D eigenvalue weighted by Gasteiger charge is -2.25. The maximum absolute atomic E-state index is 11.4. The first-order chi connectivity index (χ1) is 7.11. The number of amides is 1. The number of fused-ring (bicyclic) bond motifs is 1. The lowest BCUT2D eigenvalue weighted by molar-refractivity contribution is -0.117. The smallest absolute Gasteiger partial charge is 0.249 e. The summed E-state index contributed by atoms with van der Waals surface area (Å²) in [5, 5.41) is 15.2. The number of rotatable bonds is 1. The zero-order valence-electron chi connectivity index (χ0n) is 7.55. The Labute approximate surface area is 96.2 Å². The van der Waals surface area contributed by atoms with E-state index in [0.29, 0.717) is 21.4 Å². The van der Waals surface area contributed by atoms with Gasteiger partial charge in [0.25, 0.3) is 0 Å². The van der Waals surface area contributed by atoms with Gasteiger partial charge in [-0.15, -0.1) is 0 Å². The Morgan fingerprint density at radius 3 is 2.47 bits per heavy atom. The van der Waals surface area contributed by atoms with E-state index >= 15 is 0 Å². The molecule has 1 atom stereocenters. The molecule has 1 aliphatic rings. The van der Waals surface area contributed by atoms with Gasteiger partial charge in [0.1, 0.15) is 6.04 Å². The quantitative estimate of drug-likeness (QED) is 0.708. The molecule has 15 heavy (non-hydrogen) atoms. The number of aliphatic hydroxyl groups is 1. The van der Waals surface area contributed by atoms with Gasteiger partial charge in [0.2, 0.25) is 5.91 Å². The van der Waals surface area contributed by atoms with Gasteiger partial charge < -0.3 is 15.7 Å². The van der Waals surface area contributed by atoms with Crippen molar-refractivity contribution in [2.45, 2.75) is 6.04 Å². The summed E-state index contributed by atoms with van der Waals surface area (Å²) in [5.74, 6) is -0.289. The van der Waals surface area contributed by atoms with Crippen molar-refractivity contribution in [2.24, 2.45) is 0 Å². The number of anilines is 2. The molecule has 1 amide bonds. The van der Waals surface area contributed by atoms with E-state index in [2.05, 4.69) is 10.6 Å². The van der Waals surface area contributed by atoms with Gasteiger partial charge in [-0.2, -0.15) is 0 Å². The molecule has 6 heteroatoms. The molecule has 1 aliphatic heterocycles. The van der Waals surface area contributed by atoms with Gasteiger partial charge in [-0.05, 0) is 12.1 Å². The van der Waals surface area contributed by atoms with E-state index in [0.717, 1.165) is 0 Å². The normalized spacial score (nSPS) is 19.1. The van der Waals surface area contributed by atoms with Crippen molar-refractivity contribution in [3.63, 3.8) is 0 Å². The van der Waals surface area contributed by atoms with Crippen LogP contribution in [0.4, 0.5) is 11.4 Å². The van der Waals surface area contributed by atoms with Crippen LogP contribution in [0.2, 0.25) is 10.0 Å². The van der Waals surface area contributed by atoms with Gasteiger partial charge in [-0.25, -0.2) is 0 Å². The van der Waals surface area contributed by atoms with E-state index in [-0.39, 0.29) is 12.5 Å². The average Bonchev–Trinajstić information content (AvgIpc) is 2.20. The highest BCUT2D eigenvalue weighted by Gasteiger charge is 2.25. The second-order valence-corrected chi connectivity index (χ2v) is 4.00. The number of benzene rings is 1. The molecule has 0 saturated heterocycles. The third kappa shape index (κ3) is 1.88. The second kappa shape index (κ2) is 3.89. The highest BCUT2D eigenvalue weighted by Crippen LogP contribution is 2.34. The molecule has 1 aromatic carbocycles. The minimum Gasteiger partial charge on any atom is -0.394 e. The van der Waals surface area contributed by atoms with E-state index in [1.807, 2.05) is 0 Å². The molecule has 0 radical (unpaired) electrons. The summed E-state index contributed by atoms with van der Waals surface area (Å²) in [4.78, 5) is 11.4. The maximum atomic E-state index is 11.4. The molecule has 4 nitrogen and oxygen atoms in total. The third-order valence-electron chi connectivity index (χ3n) is 2.15. The average molecular weight is 247 g/mol. The van der Waals surface area contributed by atoms with Crippen LogP contribution in [0.25, 0.3) is 0 Å². The highest BCUT2D eigenvalue weighted by atomic mass is 35.5.